The Kier molecular flexibility index (Phi) is 5.55. The van der Waals surface area contributed by atoms with E-state index < -0.39 is 0 Å². The normalized spacial score (nSPS) is 13.1. The van der Waals surface area contributed by atoms with E-state index in [1.165, 1.54) is 11.1 Å². The zero-order chi connectivity index (χ0) is 14.5. The summed E-state index contributed by atoms with van der Waals surface area (Å²) in [4.78, 5) is 11.8. The molecule has 0 aliphatic heterocycles. The van der Waals surface area contributed by atoms with Crippen molar-refractivity contribution in [2.24, 2.45) is 0 Å². The van der Waals surface area contributed by atoms with Gasteiger partial charge in [0.25, 0.3) is 0 Å². The molecule has 1 rings (SSSR count). The van der Waals surface area contributed by atoms with Gasteiger partial charge in [-0.1, -0.05) is 36.8 Å². The Bertz CT molecular complexity index is 409. The first kappa shape index (κ1) is 15.7. The highest BCUT2D eigenvalue weighted by Gasteiger charge is 2.17. The van der Waals surface area contributed by atoms with Gasteiger partial charge >= 0.3 is 0 Å². The fraction of sp³-hybridized carbons (Fsp3) is 0.562. The van der Waals surface area contributed by atoms with Crippen LogP contribution in [0.3, 0.4) is 0 Å². The fourth-order valence-electron chi connectivity index (χ4n) is 1.73. The monoisotopic (exact) mass is 262 g/mol. The molecule has 0 saturated carbocycles. The Morgan fingerprint density at radius 2 is 1.84 bits per heavy atom. The number of amides is 1. The van der Waals surface area contributed by atoms with Crippen LogP contribution in [0.15, 0.2) is 24.3 Å². The number of aryl methyl sites for hydroxylation is 1. The molecular formula is C16H26N2O. The van der Waals surface area contributed by atoms with Gasteiger partial charge in [0, 0.05) is 11.6 Å². The van der Waals surface area contributed by atoms with Crippen molar-refractivity contribution < 1.29 is 4.79 Å². The molecule has 19 heavy (non-hydrogen) atoms. The number of rotatable bonds is 6. The van der Waals surface area contributed by atoms with Gasteiger partial charge in [-0.3, -0.25) is 4.79 Å². The first-order chi connectivity index (χ1) is 8.84. The Labute approximate surface area is 116 Å². The molecule has 106 valence electrons. The van der Waals surface area contributed by atoms with Gasteiger partial charge in [-0.25, -0.2) is 0 Å². The third-order valence-corrected chi connectivity index (χ3v) is 3.51. The second kappa shape index (κ2) is 6.71. The zero-order valence-corrected chi connectivity index (χ0v) is 12.7. The molecule has 0 heterocycles. The maximum absolute atomic E-state index is 11.8. The Hall–Kier alpha value is -1.35. The van der Waals surface area contributed by atoms with Crippen molar-refractivity contribution in [1.29, 1.82) is 0 Å². The summed E-state index contributed by atoms with van der Waals surface area (Å²) in [6, 6.07) is 8.56. The van der Waals surface area contributed by atoms with Gasteiger partial charge in [-0.2, -0.15) is 0 Å². The summed E-state index contributed by atoms with van der Waals surface area (Å²) < 4.78 is 0. The first-order valence-corrected chi connectivity index (χ1v) is 6.95. The summed E-state index contributed by atoms with van der Waals surface area (Å²) in [6.45, 7) is 10.6. The van der Waals surface area contributed by atoms with E-state index in [0.717, 1.165) is 6.42 Å². The molecule has 1 aromatic rings. The summed E-state index contributed by atoms with van der Waals surface area (Å²) in [7, 11) is 0. The minimum absolute atomic E-state index is 0.0470. The number of hydrogen-bond acceptors (Lipinski definition) is 2. The first-order valence-electron chi connectivity index (χ1n) is 6.95. The van der Waals surface area contributed by atoms with Crippen LogP contribution >= 0.6 is 0 Å². The van der Waals surface area contributed by atoms with Crippen LogP contribution in [-0.2, 0) is 4.79 Å². The van der Waals surface area contributed by atoms with E-state index in [9.17, 15) is 4.79 Å². The molecular weight excluding hydrogens is 236 g/mol. The number of hydrogen-bond donors (Lipinski definition) is 2. The molecule has 1 amide bonds. The highest BCUT2D eigenvalue weighted by molar-refractivity contribution is 5.78. The summed E-state index contributed by atoms with van der Waals surface area (Å²) in [5.74, 6) is 0.0470. The maximum Gasteiger partial charge on any atom is 0.234 e. The molecule has 1 aromatic carbocycles. The third-order valence-electron chi connectivity index (χ3n) is 3.51. The molecule has 0 saturated heterocycles. The van der Waals surface area contributed by atoms with Gasteiger partial charge in [0.2, 0.25) is 5.91 Å². The second-order valence-electron chi connectivity index (χ2n) is 5.80. The molecule has 0 bridgehead atoms. The van der Waals surface area contributed by atoms with Crippen molar-refractivity contribution in [2.45, 2.75) is 52.6 Å². The lowest BCUT2D eigenvalue weighted by Gasteiger charge is -2.25. The van der Waals surface area contributed by atoms with Crippen LogP contribution in [0.5, 0.6) is 0 Å². The Balaban J connectivity index is 2.44. The van der Waals surface area contributed by atoms with E-state index >= 15 is 0 Å². The fourth-order valence-corrected chi connectivity index (χ4v) is 1.73. The van der Waals surface area contributed by atoms with E-state index in [2.05, 4.69) is 55.7 Å². The van der Waals surface area contributed by atoms with Crippen molar-refractivity contribution in [3.63, 3.8) is 0 Å². The topological polar surface area (TPSA) is 41.1 Å². The molecule has 3 nitrogen and oxygen atoms in total. The quantitative estimate of drug-likeness (QED) is 0.827. The smallest absolute Gasteiger partial charge is 0.234 e. The lowest BCUT2D eigenvalue weighted by Crippen LogP contribution is -2.46. The van der Waals surface area contributed by atoms with Crippen LogP contribution in [0, 0.1) is 6.92 Å². The van der Waals surface area contributed by atoms with Gasteiger partial charge in [-0.05, 0) is 39.7 Å². The van der Waals surface area contributed by atoms with E-state index in [0.29, 0.717) is 6.54 Å². The average molecular weight is 262 g/mol. The lowest BCUT2D eigenvalue weighted by atomic mass is 10.0. The van der Waals surface area contributed by atoms with Crippen LogP contribution in [0.1, 0.15) is 51.3 Å². The zero-order valence-electron chi connectivity index (χ0n) is 12.7. The maximum atomic E-state index is 11.8. The average Bonchev–Trinajstić information content (AvgIpc) is 2.36. The van der Waals surface area contributed by atoms with E-state index in [1.807, 2.05) is 13.8 Å². The molecule has 0 fully saturated rings. The van der Waals surface area contributed by atoms with Crippen LogP contribution in [0.25, 0.3) is 0 Å². The van der Waals surface area contributed by atoms with Crippen LogP contribution in [-0.4, -0.2) is 18.0 Å². The summed E-state index contributed by atoms with van der Waals surface area (Å²) >= 11 is 0. The van der Waals surface area contributed by atoms with Crippen molar-refractivity contribution in [3.8, 4) is 0 Å². The Morgan fingerprint density at radius 1 is 1.26 bits per heavy atom. The number of benzene rings is 1. The van der Waals surface area contributed by atoms with Crippen LogP contribution in [0.4, 0.5) is 0 Å². The minimum Gasteiger partial charge on any atom is -0.350 e. The summed E-state index contributed by atoms with van der Waals surface area (Å²) in [5, 5.41) is 6.27. The van der Waals surface area contributed by atoms with Gasteiger partial charge in [0.05, 0.1) is 6.54 Å². The van der Waals surface area contributed by atoms with Gasteiger partial charge < -0.3 is 10.6 Å². The predicted molar refractivity (Wildman–Crippen MR) is 80.1 cm³/mol. The van der Waals surface area contributed by atoms with E-state index in [1.54, 1.807) is 0 Å². The molecule has 0 unspecified atom stereocenters. The number of carbonyl (C=O) groups is 1. The highest BCUT2D eigenvalue weighted by Crippen LogP contribution is 2.12. The van der Waals surface area contributed by atoms with Gasteiger partial charge in [-0.15, -0.1) is 0 Å². The summed E-state index contributed by atoms with van der Waals surface area (Å²) in [6.07, 6.45) is 0.923. The standard InChI is InChI=1S/C16H26N2O/c1-6-16(4,5)18-15(19)11-17-13(3)14-9-7-12(2)8-10-14/h7-10,13,17H,6,11H2,1-5H3,(H,18,19)/t13-/m1/s1. The van der Waals surface area contributed by atoms with Gasteiger partial charge in [0.15, 0.2) is 0 Å². The minimum atomic E-state index is -0.133. The van der Waals surface area contributed by atoms with Crippen LogP contribution < -0.4 is 10.6 Å². The van der Waals surface area contributed by atoms with Crippen LogP contribution in [0.2, 0.25) is 0 Å². The van der Waals surface area contributed by atoms with Crippen molar-refractivity contribution >= 4 is 5.91 Å². The second-order valence-corrected chi connectivity index (χ2v) is 5.80. The molecule has 0 radical (unpaired) electrons. The Morgan fingerprint density at radius 3 is 2.37 bits per heavy atom. The van der Waals surface area contributed by atoms with Crippen molar-refractivity contribution in [2.75, 3.05) is 6.54 Å². The molecule has 0 spiro atoms. The molecule has 2 N–H and O–H groups in total. The predicted octanol–water partition coefficient (Wildman–Crippen LogP) is 2.95. The summed E-state index contributed by atoms with van der Waals surface area (Å²) in [5.41, 5.74) is 2.32. The third kappa shape index (κ3) is 5.43. The van der Waals surface area contributed by atoms with Crippen molar-refractivity contribution in [3.05, 3.63) is 35.4 Å². The highest BCUT2D eigenvalue weighted by atomic mass is 16.2. The number of carbonyl (C=O) groups excluding carboxylic acids is 1. The molecule has 3 heteroatoms. The lowest BCUT2D eigenvalue weighted by molar-refractivity contribution is -0.122. The largest absolute Gasteiger partial charge is 0.350 e. The van der Waals surface area contributed by atoms with Crippen molar-refractivity contribution in [1.82, 2.24) is 10.6 Å². The molecule has 0 aliphatic rings. The number of nitrogens with one attached hydrogen (secondary N) is 2. The molecule has 0 aromatic heterocycles. The molecule has 0 aliphatic carbocycles. The van der Waals surface area contributed by atoms with E-state index in [-0.39, 0.29) is 17.5 Å². The molecule has 1 atom stereocenters. The van der Waals surface area contributed by atoms with Gasteiger partial charge in [0.1, 0.15) is 0 Å². The SMILES string of the molecule is CCC(C)(C)NC(=O)CN[C@H](C)c1ccc(C)cc1. The van der Waals surface area contributed by atoms with E-state index in [4.69, 9.17) is 0 Å².